The number of nitrogens with zero attached hydrogens (tertiary/aromatic N) is 2. The average molecular weight is 380 g/mol. The van der Waals surface area contributed by atoms with Gasteiger partial charge in [0.05, 0.1) is 11.4 Å². The summed E-state index contributed by atoms with van der Waals surface area (Å²) in [5, 5.41) is 2.99. The molecule has 5 heteroatoms. The van der Waals surface area contributed by atoms with Gasteiger partial charge in [0, 0.05) is 25.6 Å². The van der Waals surface area contributed by atoms with Crippen molar-refractivity contribution >= 4 is 23.3 Å². The number of urea groups is 1. The fourth-order valence-corrected chi connectivity index (χ4v) is 3.45. The van der Waals surface area contributed by atoms with Crippen LogP contribution < -0.4 is 10.2 Å². The van der Waals surface area contributed by atoms with Crippen LogP contribution in [0.5, 0.6) is 0 Å². The molecular formula is C23H29N3O2. The number of carbonyl (C=O) groups excluding carboxylic acids is 2. The van der Waals surface area contributed by atoms with E-state index in [9.17, 15) is 9.59 Å². The number of rotatable bonds is 5. The Bertz CT molecular complexity index is 876. The Morgan fingerprint density at radius 3 is 2.54 bits per heavy atom. The van der Waals surface area contributed by atoms with Gasteiger partial charge in [0.2, 0.25) is 5.91 Å². The summed E-state index contributed by atoms with van der Waals surface area (Å²) >= 11 is 0. The zero-order chi connectivity index (χ0) is 20.3. The average Bonchev–Trinajstić information content (AvgIpc) is 2.64. The van der Waals surface area contributed by atoms with Crippen LogP contribution in [0.2, 0.25) is 0 Å². The first-order chi connectivity index (χ1) is 13.3. The van der Waals surface area contributed by atoms with Crippen molar-refractivity contribution in [3.8, 4) is 0 Å². The van der Waals surface area contributed by atoms with Gasteiger partial charge >= 0.3 is 6.03 Å². The third-order valence-corrected chi connectivity index (χ3v) is 4.99. The summed E-state index contributed by atoms with van der Waals surface area (Å²) in [6, 6.07) is 14.1. The second kappa shape index (κ2) is 8.46. The van der Waals surface area contributed by atoms with Crippen molar-refractivity contribution in [2.45, 2.75) is 40.7 Å². The number of aryl methyl sites for hydroxylation is 2. The summed E-state index contributed by atoms with van der Waals surface area (Å²) in [4.78, 5) is 29.1. The molecular weight excluding hydrogens is 350 g/mol. The van der Waals surface area contributed by atoms with Gasteiger partial charge in [0.15, 0.2) is 0 Å². The van der Waals surface area contributed by atoms with Gasteiger partial charge in [0.1, 0.15) is 0 Å². The van der Waals surface area contributed by atoms with E-state index < -0.39 is 0 Å². The number of nitrogens with one attached hydrogen (secondary N) is 1. The highest BCUT2D eigenvalue weighted by molar-refractivity contribution is 6.01. The van der Waals surface area contributed by atoms with E-state index >= 15 is 0 Å². The molecule has 0 unspecified atom stereocenters. The number of carbonyl (C=O) groups is 2. The SMILES string of the molecule is Cc1cccc(CN2CCCN(c3ccc(C)cc3NC(=O)C(C)C)C2=O)c1. The first-order valence-electron chi connectivity index (χ1n) is 9.88. The van der Waals surface area contributed by atoms with E-state index in [0.717, 1.165) is 29.8 Å². The molecule has 5 nitrogen and oxygen atoms in total. The Kier molecular flexibility index (Phi) is 6.02. The predicted octanol–water partition coefficient (Wildman–Crippen LogP) is 4.73. The highest BCUT2D eigenvalue weighted by Gasteiger charge is 2.28. The highest BCUT2D eigenvalue weighted by Crippen LogP contribution is 2.30. The lowest BCUT2D eigenvalue weighted by Crippen LogP contribution is -2.49. The quantitative estimate of drug-likeness (QED) is 0.816. The van der Waals surface area contributed by atoms with Crippen molar-refractivity contribution in [3.05, 3.63) is 59.2 Å². The van der Waals surface area contributed by atoms with Gasteiger partial charge in [-0.15, -0.1) is 0 Å². The van der Waals surface area contributed by atoms with Crippen LogP contribution in [0.4, 0.5) is 16.2 Å². The van der Waals surface area contributed by atoms with Crippen LogP contribution in [0.3, 0.4) is 0 Å². The van der Waals surface area contributed by atoms with Crippen LogP contribution in [-0.4, -0.2) is 29.9 Å². The monoisotopic (exact) mass is 379 g/mol. The van der Waals surface area contributed by atoms with Crippen LogP contribution in [0.25, 0.3) is 0 Å². The first-order valence-corrected chi connectivity index (χ1v) is 9.88. The van der Waals surface area contributed by atoms with E-state index in [2.05, 4.69) is 30.4 Å². The van der Waals surface area contributed by atoms with E-state index in [0.29, 0.717) is 18.8 Å². The summed E-state index contributed by atoms with van der Waals surface area (Å²) in [6.45, 7) is 9.75. The molecule has 1 aliphatic heterocycles. The first kappa shape index (κ1) is 19.9. The fourth-order valence-electron chi connectivity index (χ4n) is 3.45. The zero-order valence-electron chi connectivity index (χ0n) is 17.2. The fraction of sp³-hybridized carbons (Fsp3) is 0.391. The largest absolute Gasteiger partial charge is 0.324 e. The minimum atomic E-state index is -0.122. The van der Waals surface area contributed by atoms with Gasteiger partial charge in [-0.1, -0.05) is 49.7 Å². The molecule has 148 valence electrons. The van der Waals surface area contributed by atoms with Crippen molar-refractivity contribution in [1.29, 1.82) is 0 Å². The smallest absolute Gasteiger partial charge is 0.324 e. The van der Waals surface area contributed by atoms with Gasteiger partial charge in [-0.3, -0.25) is 9.69 Å². The number of anilines is 2. The third-order valence-electron chi connectivity index (χ3n) is 4.99. The van der Waals surface area contributed by atoms with Crippen LogP contribution in [0.1, 0.15) is 37.0 Å². The minimum absolute atomic E-state index is 0.0170. The van der Waals surface area contributed by atoms with Crippen molar-refractivity contribution in [2.75, 3.05) is 23.3 Å². The molecule has 0 atom stereocenters. The minimum Gasteiger partial charge on any atom is -0.324 e. The van der Waals surface area contributed by atoms with Crippen LogP contribution in [0, 0.1) is 19.8 Å². The summed E-state index contributed by atoms with van der Waals surface area (Å²) in [7, 11) is 0. The lowest BCUT2D eigenvalue weighted by atomic mass is 10.1. The molecule has 1 N–H and O–H groups in total. The molecule has 1 saturated heterocycles. The molecule has 0 aromatic heterocycles. The second-order valence-corrected chi connectivity index (χ2v) is 7.86. The molecule has 0 aliphatic carbocycles. The lowest BCUT2D eigenvalue weighted by molar-refractivity contribution is -0.118. The van der Waals surface area contributed by atoms with Gasteiger partial charge in [-0.2, -0.15) is 0 Å². The lowest BCUT2D eigenvalue weighted by Gasteiger charge is -2.36. The molecule has 3 rings (SSSR count). The third kappa shape index (κ3) is 4.53. The molecule has 1 heterocycles. The van der Waals surface area contributed by atoms with Gasteiger partial charge in [0.25, 0.3) is 0 Å². The standard InChI is InChI=1S/C23H29N3O2/c1-16(2)22(27)24-20-14-18(4)9-10-21(20)26-12-6-11-25(23(26)28)15-19-8-5-7-17(3)13-19/h5,7-10,13-14,16H,6,11-12,15H2,1-4H3,(H,24,27). The van der Waals surface area contributed by atoms with E-state index in [1.54, 1.807) is 4.90 Å². The van der Waals surface area contributed by atoms with Crippen LogP contribution >= 0.6 is 0 Å². The highest BCUT2D eigenvalue weighted by atomic mass is 16.2. The molecule has 0 saturated carbocycles. The molecule has 3 amide bonds. The van der Waals surface area contributed by atoms with Gasteiger partial charge in [-0.05, 0) is 43.5 Å². The zero-order valence-corrected chi connectivity index (χ0v) is 17.2. The molecule has 0 bridgehead atoms. The molecule has 28 heavy (non-hydrogen) atoms. The maximum atomic E-state index is 13.2. The van der Waals surface area contributed by atoms with E-state index in [1.807, 2.05) is 49.9 Å². The van der Waals surface area contributed by atoms with E-state index in [1.165, 1.54) is 5.56 Å². The van der Waals surface area contributed by atoms with Crippen molar-refractivity contribution in [3.63, 3.8) is 0 Å². The van der Waals surface area contributed by atoms with Gasteiger partial charge in [-0.25, -0.2) is 4.79 Å². The van der Waals surface area contributed by atoms with Crippen molar-refractivity contribution in [2.24, 2.45) is 5.92 Å². The number of amides is 3. The molecule has 0 radical (unpaired) electrons. The van der Waals surface area contributed by atoms with E-state index in [-0.39, 0.29) is 17.9 Å². The summed E-state index contributed by atoms with van der Waals surface area (Å²) in [6.07, 6.45) is 0.892. The molecule has 1 fully saturated rings. The number of benzene rings is 2. The van der Waals surface area contributed by atoms with Gasteiger partial charge < -0.3 is 10.2 Å². The van der Waals surface area contributed by atoms with Crippen molar-refractivity contribution < 1.29 is 9.59 Å². The van der Waals surface area contributed by atoms with Crippen LogP contribution in [-0.2, 0) is 11.3 Å². The Hall–Kier alpha value is -2.82. The molecule has 2 aromatic rings. The molecule has 0 spiro atoms. The Morgan fingerprint density at radius 2 is 1.82 bits per heavy atom. The maximum absolute atomic E-state index is 13.2. The topological polar surface area (TPSA) is 52.6 Å². The number of hydrogen-bond donors (Lipinski definition) is 1. The Labute approximate surface area is 167 Å². The summed E-state index contributed by atoms with van der Waals surface area (Å²) in [5.41, 5.74) is 4.83. The Morgan fingerprint density at radius 1 is 1.07 bits per heavy atom. The molecule has 1 aliphatic rings. The Balaban J connectivity index is 1.84. The predicted molar refractivity (Wildman–Crippen MR) is 114 cm³/mol. The van der Waals surface area contributed by atoms with Crippen LogP contribution in [0.15, 0.2) is 42.5 Å². The summed E-state index contributed by atoms with van der Waals surface area (Å²) in [5.74, 6) is -0.170. The molecule has 2 aromatic carbocycles. The van der Waals surface area contributed by atoms with Crippen molar-refractivity contribution in [1.82, 2.24) is 4.90 Å². The normalized spacial score (nSPS) is 14.5. The maximum Gasteiger partial charge on any atom is 0.324 e. The second-order valence-electron chi connectivity index (χ2n) is 7.86. The summed E-state index contributed by atoms with van der Waals surface area (Å²) < 4.78 is 0. The van der Waals surface area contributed by atoms with E-state index in [4.69, 9.17) is 0 Å². The number of hydrogen-bond acceptors (Lipinski definition) is 2.